The largest absolute Gasteiger partial charge is 0.385 e. The van der Waals surface area contributed by atoms with Crippen molar-refractivity contribution in [3.63, 3.8) is 0 Å². The van der Waals surface area contributed by atoms with Crippen LogP contribution in [0.1, 0.15) is 61.2 Å². The van der Waals surface area contributed by atoms with E-state index in [1.54, 1.807) is 16.3 Å². The quantitative estimate of drug-likeness (QED) is 0.852. The molecule has 2 aromatic heterocycles. The summed E-state index contributed by atoms with van der Waals surface area (Å²) >= 11 is 1.50. The van der Waals surface area contributed by atoms with Crippen LogP contribution in [0.5, 0.6) is 0 Å². The van der Waals surface area contributed by atoms with Gasteiger partial charge in [-0.2, -0.15) is 5.10 Å². The maximum absolute atomic E-state index is 12.4. The van der Waals surface area contributed by atoms with Gasteiger partial charge in [-0.1, -0.05) is 0 Å². The fraction of sp³-hybridized carbons (Fsp3) is 0.611. The summed E-state index contributed by atoms with van der Waals surface area (Å²) in [5.41, 5.74) is 4.79. The molecule has 2 aromatic rings. The zero-order valence-corrected chi connectivity index (χ0v) is 15.0. The van der Waals surface area contributed by atoms with Crippen LogP contribution in [-0.2, 0) is 12.8 Å². The molecule has 0 bridgehead atoms. The minimum atomic E-state index is -0.551. The van der Waals surface area contributed by atoms with E-state index in [-0.39, 0.29) is 11.6 Å². The minimum absolute atomic E-state index is 0.0519. The Morgan fingerprint density at radius 3 is 2.92 bits per heavy atom. The Morgan fingerprint density at radius 2 is 2.16 bits per heavy atom. The molecule has 6 nitrogen and oxygen atoms in total. The predicted octanol–water partition coefficient (Wildman–Crippen LogP) is 2.00. The highest BCUT2D eigenvalue weighted by molar-refractivity contribution is 7.07. The first kappa shape index (κ1) is 16.9. The lowest BCUT2D eigenvalue weighted by Gasteiger charge is -2.30. The zero-order chi connectivity index (χ0) is 17.2. The Hall–Kier alpha value is -1.57. The highest BCUT2D eigenvalue weighted by Gasteiger charge is 2.25. The molecule has 0 saturated heterocycles. The summed E-state index contributed by atoms with van der Waals surface area (Å²) < 4.78 is 1.73. The van der Waals surface area contributed by atoms with Gasteiger partial charge in [-0.15, -0.1) is 11.3 Å². The number of thiazole rings is 1. The average Bonchev–Trinajstić information content (AvgIpc) is 3.31. The number of hydrogen-bond acceptors (Lipinski definition) is 6. The number of rotatable bonds is 5. The molecule has 4 rings (SSSR count). The number of nitrogens with one attached hydrogen (secondary N) is 1. The molecule has 2 aliphatic carbocycles. The van der Waals surface area contributed by atoms with Gasteiger partial charge in [-0.25, -0.2) is 9.67 Å². The lowest BCUT2D eigenvalue weighted by Crippen LogP contribution is -2.38. The zero-order valence-electron chi connectivity index (χ0n) is 14.2. The third-order valence-corrected chi connectivity index (χ3v) is 6.02. The lowest BCUT2D eigenvalue weighted by atomic mass is 9.91. The van der Waals surface area contributed by atoms with Crippen LogP contribution in [0, 0.1) is 0 Å². The van der Waals surface area contributed by atoms with Gasteiger partial charge >= 0.3 is 0 Å². The van der Waals surface area contributed by atoms with Crippen molar-refractivity contribution in [1.82, 2.24) is 20.1 Å². The van der Waals surface area contributed by atoms with Gasteiger partial charge in [0.1, 0.15) is 6.10 Å². The highest BCUT2D eigenvalue weighted by Crippen LogP contribution is 2.28. The Bertz CT molecular complexity index is 766. The van der Waals surface area contributed by atoms with Gasteiger partial charge in [0.2, 0.25) is 0 Å². The van der Waals surface area contributed by atoms with Crippen molar-refractivity contribution in [2.75, 3.05) is 6.54 Å². The van der Waals surface area contributed by atoms with Crippen molar-refractivity contribution in [2.24, 2.45) is 0 Å². The number of aryl methyl sites for hydroxylation is 2. The molecule has 1 atom stereocenters. The molecule has 1 fully saturated rings. The molecule has 2 N–H and O–H groups in total. The molecule has 0 spiro atoms. The van der Waals surface area contributed by atoms with Gasteiger partial charge in [0, 0.05) is 24.0 Å². The smallest absolute Gasteiger partial charge is 0.267 e. The molecular weight excluding hydrogens is 336 g/mol. The second-order valence-electron chi connectivity index (χ2n) is 7.10. The van der Waals surface area contributed by atoms with Crippen LogP contribution in [0.4, 0.5) is 0 Å². The highest BCUT2D eigenvalue weighted by atomic mass is 32.1. The molecular formula is C18H24N4O2S. The van der Waals surface area contributed by atoms with E-state index in [1.807, 2.05) is 5.38 Å². The topological polar surface area (TPSA) is 80.0 Å². The Balaban J connectivity index is 1.32. The molecule has 0 radical (unpaired) electrons. The molecule has 2 heterocycles. The standard InChI is InChI=1S/C18H24N4O2S/c23-17(16-10-25-11-20-16)9-19-13-4-6-14(7-5-13)22-18(24)8-12-2-1-3-15(12)21-22/h8,10-11,13-14,17,19,23H,1-7,9H2. The first-order valence-corrected chi connectivity index (χ1v) is 10.1. The van der Waals surface area contributed by atoms with Crippen molar-refractivity contribution in [2.45, 2.75) is 63.1 Å². The predicted molar refractivity (Wildman–Crippen MR) is 96.9 cm³/mol. The summed E-state index contributed by atoms with van der Waals surface area (Å²) in [6.45, 7) is 0.524. The van der Waals surface area contributed by atoms with E-state index in [2.05, 4.69) is 15.4 Å². The number of fused-ring (bicyclic) bond motifs is 1. The summed E-state index contributed by atoms with van der Waals surface area (Å²) in [5, 5.41) is 20.1. The number of aromatic nitrogens is 3. The molecule has 7 heteroatoms. The third-order valence-electron chi connectivity index (χ3n) is 5.42. The van der Waals surface area contributed by atoms with Crippen LogP contribution in [0.3, 0.4) is 0 Å². The second-order valence-corrected chi connectivity index (χ2v) is 7.81. The Morgan fingerprint density at radius 1 is 1.32 bits per heavy atom. The van der Waals surface area contributed by atoms with Crippen molar-refractivity contribution in [3.8, 4) is 0 Å². The second kappa shape index (κ2) is 7.35. The van der Waals surface area contributed by atoms with Gasteiger partial charge in [-0.05, 0) is 50.5 Å². The number of aliphatic hydroxyl groups excluding tert-OH is 1. The summed E-state index contributed by atoms with van der Waals surface area (Å²) in [4.78, 5) is 16.5. The summed E-state index contributed by atoms with van der Waals surface area (Å²) in [6, 6.07) is 2.39. The SMILES string of the molecule is O=c1cc2c(nn1C1CCC(NCC(O)c3cscn3)CC1)CCC2. The first-order valence-electron chi connectivity index (χ1n) is 9.12. The van der Waals surface area contributed by atoms with Crippen LogP contribution >= 0.6 is 11.3 Å². The third kappa shape index (κ3) is 3.68. The van der Waals surface area contributed by atoms with Crippen LogP contribution in [0.2, 0.25) is 0 Å². The first-order chi connectivity index (χ1) is 12.2. The van der Waals surface area contributed by atoms with Gasteiger partial charge < -0.3 is 10.4 Å². The number of aliphatic hydroxyl groups is 1. The molecule has 0 amide bonds. The Kier molecular flexibility index (Phi) is 4.96. The summed E-state index contributed by atoms with van der Waals surface area (Å²) in [5.74, 6) is 0. The average molecular weight is 360 g/mol. The maximum Gasteiger partial charge on any atom is 0.267 e. The van der Waals surface area contributed by atoms with Crippen LogP contribution < -0.4 is 10.9 Å². The van der Waals surface area contributed by atoms with Crippen molar-refractivity contribution in [3.05, 3.63) is 44.3 Å². The summed E-state index contributed by atoms with van der Waals surface area (Å²) in [6.07, 6.45) is 6.47. The molecule has 0 aromatic carbocycles. The van der Waals surface area contributed by atoms with Crippen LogP contribution in [0.15, 0.2) is 21.8 Å². The van der Waals surface area contributed by atoms with Crippen LogP contribution in [0.25, 0.3) is 0 Å². The maximum atomic E-state index is 12.4. The molecule has 1 saturated carbocycles. The monoisotopic (exact) mass is 360 g/mol. The van der Waals surface area contributed by atoms with E-state index in [4.69, 9.17) is 0 Å². The normalized spacial score (nSPS) is 24.2. The van der Waals surface area contributed by atoms with Crippen molar-refractivity contribution < 1.29 is 5.11 Å². The molecule has 134 valence electrons. The van der Waals surface area contributed by atoms with E-state index < -0.39 is 6.10 Å². The number of nitrogens with zero attached hydrogens (tertiary/aromatic N) is 3. The molecule has 25 heavy (non-hydrogen) atoms. The van der Waals surface area contributed by atoms with Gasteiger partial charge in [0.05, 0.1) is 22.9 Å². The van der Waals surface area contributed by atoms with Crippen molar-refractivity contribution >= 4 is 11.3 Å². The van der Waals surface area contributed by atoms with E-state index in [9.17, 15) is 9.90 Å². The number of hydrogen-bond donors (Lipinski definition) is 2. The molecule has 0 aliphatic heterocycles. The fourth-order valence-corrected chi connectivity index (χ4v) is 4.57. The van der Waals surface area contributed by atoms with E-state index in [0.29, 0.717) is 12.6 Å². The molecule has 2 aliphatic rings. The Labute approximate surface area is 150 Å². The van der Waals surface area contributed by atoms with Gasteiger partial charge in [0.15, 0.2) is 0 Å². The lowest BCUT2D eigenvalue weighted by molar-refractivity contribution is 0.158. The van der Waals surface area contributed by atoms with Gasteiger partial charge in [0.25, 0.3) is 5.56 Å². The fourth-order valence-electron chi connectivity index (χ4n) is 3.97. The van der Waals surface area contributed by atoms with Crippen LogP contribution in [-0.4, -0.2) is 32.5 Å². The van der Waals surface area contributed by atoms with Crippen molar-refractivity contribution in [1.29, 1.82) is 0 Å². The minimum Gasteiger partial charge on any atom is -0.385 e. The van der Waals surface area contributed by atoms with E-state index in [1.165, 1.54) is 11.3 Å². The van der Waals surface area contributed by atoms with E-state index in [0.717, 1.165) is 61.9 Å². The molecule has 1 unspecified atom stereocenters. The van der Waals surface area contributed by atoms with E-state index >= 15 is 0 Å². The summed E-state index contributed by atoms with van der Waals surface area (Å²) in [7, 11) is 0. The van der Waals surface area contributed by atoms with Gasteiger partial charge in [-0.3, -0.25) is 4.79 Å².